The molecule has 0 spiro atoms. The van der Waals surface area contributed by atoms with Crippen molar-refractivity contribution >= 4 is 33.5 Å². The van der Waals surface area contributed by atoms with Gasteiger partial charge in [0.15, 0.2) is 0 Å². The standard InChI is InChI=1S/C17H14N2O2/c1-17(2,10-18)16(20)19-11-7-8-13-12-5-3-4-6-14(12)21-15(13)9-11/h3-9H,1-2H3,(H,19,20). The highest BCUT2D eigenvalue weighted by Crippen LogP contribution is 2.30. The molecule has 4 heteroatoms. The molecule has 0 saturated heterocycles. The van der Waals surface area contributed by atoms with Gasteiger partial charge in [-0.25, -0.2) is 0 Å². The third-order valence-corrected chi connectivity index (χ3v) is 3.48. The van der Waals surface area contributed by atoms with Crippen LogP contribution in [0, 0.1) is 16.7 Å². The third kappa shape index (κ3) is 2.23. The molecule has 0 fully saturated rings. The molecular formula is C17H14N2O2. The van der Waals surface area contributed by atoms with E-state index in [9.17, 15) is 4.79 Å². The molecule has 2 aromatic carbocycles. The average Bonchev–Trinajstić information content (AvgIpc) is 2.84. The molecule has 0 bridgehead atoms. The number of nitrogens with zero attached hydrogens (tertiary/aromatic N) is 1. The van der Waals surface area contributed by atoms with Gasteiger partial charge < -0.3 is 9.73 Å². The number of carbonyl (C=O) groups is 1. The van der Waals surface area contributed by atoms with E-state index in [1.165, 1.54) is 0 Å². The number of nitrogens with one attached hydrogen (secondary N) is 1. The Hall–Kier alpha value is -2.80. The van der Waals surface area contributed by atoms with Gasteiger partial charge >= 0.3 is 0 Å². The van der Waals surface area contributed by atoms with E-state index in [1.54, 1.807) is 19.9 Å². The highest BCUT2D eigenvalue weighted by atomic mass is 16.3. The average molecular weight is 278 g/mol. The van der Waals surface area contributed by atoms with E-state index in [-0.39, 0.29) is 5.91 Å². The minimum absolute atomic E-state index is 0.333. The number of hydrogen-bond acceptors (Lipinski definition) is 3. The molecule has 0 atom stereocenters. The molecule has 0 aliphatic carbocycles. The van der Waals surface area contributed by atoms with Crippen molar-refractivity contribution in [3.63, 3.8) is 0 Å². The zero-order valence-corrected chi connectivity index (χ0v) is 11.8. The van der Waals surface area contributed by atoms with Gasteiger partial charge in [0.1, 0.15) is 16.6 Å². The summed E-state index contributed by atoms with van der Waals surface area (Å²) in [5.41, 5.74) is 1.08. The summed E-state index contributed by atoms with van der Waals surface area (Å²) in [6, 6.07) is 15.3. The quantitative estimate of drug-likeness (QED) is 0.768. The van der Waals surface area contributed by atoms with Crippen LogP contribution in [0.4, 0.5) is 5.69 Å². The minimum Gasteiger partial charge on any atom is -0.456 e. The number of fused-ring (bicyclic) bond motifs is 3. The van der Waals surface area contributed by atoms with Crippen molar-refractivity contribution in [3.8, 4) is 6.07 Å². The minimum atomic E-state index is -1.07. The van der Waals surface area contributed by atoms with Gasteiger partial charge in [0, 0.05) is 22.5 Å². The summed E-state index contributed by atoms with van der Waals surface area (Å²) >= 11 is 0. The molecule has 1 N–H and O–H groups in total. The fraction of sp³-hybridized carbons (Fsp3) is 0.176. The molecule has 104 valence electrons. The smallest absolute Gasteiger partial charge is 0.244 e. The number of rotatable bonds is 2. The van der Waals surface area contributed by atoms with E-state index in [0.717, 1.165) is 16.4 Å². The molecule has 1 aromatic heterocycles. The van der Waals surface area contributed by atoms with Crippen LogP contribution in [-0.2, 0) is 4.79 Å². The van der Waals surface area contributed by atoms with E-state index < -0.39 is 5.41 Å². The van der Waals surface area contributed by atoms with Gasteiger partial charge in [-0.05, 0) is 32.0 Å². The zero-order valence-electron chi connectivity index (χ0n) is 11.8. The van der Waals surface area contributed by atoms with Gasteiger partial charge in [-0.3, -0.25) is 4.79 Å². The van der Waals surface area contributed by atoms with Gasteiger partial charge in [-0.1, -0.05) is 18.2 Å². The molecule has 3 rings (SSSR count). The lowest BCUT2D eigenvalue weighted by Crippen LogP contribution is -2.29. The lowest BCUT2D eigenvalue weighted by atomic mass is 9.94. The topological polar surface area (TPSA) is 66.0 Å². The molecule has 4 nitrogen and oxygen atoms in total. The van der Waals surface area contributed by atoms with Crippen LogP contribution in [0.15, 0.2) is 46.9 Å². The maximum Gasteiger partial charge on any atom is 0.244 e. The first-order valence-electron chi connectivity index (χ1n) is 6.65. The fourth-order valence-electron chi connectivity index (χ4n) is 2.14. The summed E-state index contributed by atoms with van der Waals surface area (Å²) < 4.78 is 5.77. The Kier molecular flexibility index (Phi) is 2.91. The molecule has 21 heavy (non-hydrogen) atoms. The number of hydrogen-bond donors (Lipinski definition) is 1. The van der Waals surface area contributed by atoms with Crippen molar-refractivity contribution in [2.45, 2.75) is 13.8 Å². The molecule has 0 radical (unpaired) electrons. The van der Waals surface area contributed by atoms with Crippen LogP contribution >= 0.6 is 0 Å². The number of carbonyl (C=O) groups excluding carboxylic acids is 1. The summed E-state index contributed by atoms with van der Waals surface area (Å²) in [7, 11) is 0. The van der Waals surface area contributed by atoms with Crippen LogP contribution in [0.2, 0.25) is 0 Å². The van der Waals surface area contributed by atoms with Crippen LogP contribution in [-0.4, -0.2) is 5.91 Å². The molecule has 0 aliphatic heterocycles. The van der Waals surface area contributed by atoms with E-state index in [1.807, 2.05) is 42.5 Å². The molecule has 1 heterocycles. The van der Waals surface area contributed by atoms with Crippen LogP contribution in [0.1, 0.15) is 13.8 Å². The summed E-state index contributed by atoms with van der Waals surface area (Å²) in [6.45, 7) is 3.17. The van der Waals surface area contributed by atoms with E-state index >= 15 is 0 Å². The highest BCUT2D eigenvalue weighted by molar-refractivity contribution is 6.06. The number of furan rings is 1. The SMILES string of the molecule is CC(C)(C#N)C(=O)Nc1ccc2c(c1)oc1ccccc12. The summed E-state index contributed by atoms with van der Waals surface area (Å²) in [5, 5.41) is 13.8. The monoisotopic (exact) mass is 278 g/mol. The molecule has 0 aliphatic rings. The summed E-state index contributed by atoms with van der Waals surface area (Å²) in [6.07, 6.45) is 0. The van der Waals surface area contributed by atoms with Gasteiger partial charge in [-0.15, -0.1) is 0 Å². The molecule has 0 saturated carbocycles. The number of para-hydroxylation sites is 1. The van der Waals surface area contributed by atoms with Crippen molar-refractivity contribution in [2.24, 2.45) is 5.41 Å². The normalized spacial score (nSPS) is 11.5. The van der Waals surface area contributed by atoms with Crippen LogP contribution in [0.5, 0.6) is 0 Å². The predicted molar refractivity (Wildman–Crippen MR) is 81.7 cm³/mol. The predicted octanol–water partition coefficient (Wildman–Crippen LogP) is 4.07. The van der Waals surface area contributed by atoms with Gasteiger partial charge in [0.2, 0.25) is 5.91 Å². The van der Waals surface area contributed by atoms with Crippen LogP contribution < -0.4 is 5.32 Å². The molecule has 0 unspecified atom stereocenters. The number of amides is 1. The van der Waals surface area contributed by atoms with Crippen molar-refractivity contribution in [1.29, 1.82) is 5.26 Å². The van der Waals surface area contributed by atoms with Gasteiger partial charge in [0.05, 0.1) is 6.07 Å². The van der Waals surface area contributed by atoms with Crippen molar-refractivity contribution < 1.29 is 9.21 Å². The number of benzene rings is 2. The Morgan fingerprint density at radius 2 is 1.86 bits per heavy atom. The first-order valence-corrected chi connectivity index (χ1v) is 6.65. The lowest BCUT2D eigenvalue weighted by Gasteiger charge is -2.14. The first kappa shape index (κ1) is 13.2. The molecule has 3 aromatic rings. The number of nitriles is 1. The van der Waals surface area contributed by atoms with Gasteiger partial charge in [-0.2, -0.15) is 5.26 Å². The van der Waals surface area contributed by atoms with Gasteiger partial charge in [0.25, 0.3) is 0 Å². The van der Waals surface area contributed by atoms with Crippen LogP contribution in [0.25, 0.3) is 21.9 Å². The maximum atomic E-state index is 12.0. The van der Waals surface area contributed by atoms with Crippen molar-refractivity contribution in [2.75, 3.05) is 5.32 Å². The second-order valence-corrected chi connectivity index (χ2v) is 5.50. The highest BCUT2D eigenvalue weighted by Gasteiger charge is 2.27. The molecular weight excluding hydrogens is 264 g/mol. The Morgan fingerprint density at radius 1 is 1.14 bits per heavy atom. The Morgan fingerprint density at radius 3 is 2.62 bits per heavy atom. The maximum absolute atomic E-state index is 12.0. The third-order valence-electron chi connectivity index (χ3n) is 3.48. The van der Waals surface area contributed by atoms with Crippen molar-refractivity contribution in [1.82, 2.24) is 0 Å². The molecule has 1 amide bonds. The second-order valence-electron chi connectivity index (χ2n) is 5.50. The zero-order chi connectivity index (χ0) is 15.0. The second kappa shape index (κ2) is 4.64. The van der Waals surface area contributed by atoms with Crippen LogP contribution in [0.3, 0.4) is 0 Å². The lowest BCUT2D eigenvalue weighted by molar-refractivity contribution is -0.121. The number of anilines is 1. The Bertz CT molecular complexity index is 885. The largest absolute Gasteiger partial charge is 0.456 e. The van der Waals surface area contributed by atoms with E-state index in [0.29, 0.717) is 11.3 Å². The fourth-order valence-corrected chi connectivity index (χ4v) is 2.14. The van der Waals surface area contributed by atoms with Crippen molar-refractivity contribution in [3.05, 3.63) is 42.5 Å². The van der Waals surface area contributed by atoms with E-state index in [4.69, 9.17) is 9.68 Å². The summed E-state index contributed by atoms with van der Waals surface area (Å²) in [4.78, 5) is 12.0. The Balaban J connectivity index is 2.01. The first-order chi connectivity index (χ1) is 10.0. The van der Waals surface area contributed by atoms with E-state index in [2.05, 4.69) is 5.32 Å². The Labute approximate surface area is 122 Å². The summed E-state index contributed by atoms with van der Waals surface area (Å²) in [5.74, 6) is -0.333.